The lowest BCUT2D eigenvalue weighted by Gasteiger charge is -2.26. The molecule has 0 bridgehead atoms. The van der Waals surface area contributed by atoms with Gasteiger partial charge in [0.25, 0.3) is 11.8 Å². The minimum Gasteiger partial charge on any atom is -0.378 e. The topological polar surface area (TPSA) is 88.4 Å². The van der Waals surface area contributed by atoms with E-state index in [-0.39, 0.29) is 5.91 Å². The second kappa shape index (κ2) is 7.80. The Morgan fingerprint density at radius 2 is 1.78 bits per heavy atom. The van der Waals surface area contributed by atoms with Crippen molar-refractivity contribution in [3.63, 3.8) is 0 Å². The Bertz CT molecular complexity index is 1380. The molecule has 0 spiro atoms. The molecule has 3 aromatic carbocycles. The van der Waals surface area contributed by atoms with Crippen LogP contribution in [0.1, 0.15) is 31.8 Å². The van der Waals surface area contributed by atoms with Crippen molar-refractivity contribution in [2.24, 2.45) is 5.73 Å². The number of ether oxygens (including phenoxy) is 1. The molecule has 1 aliphatic rings. The van der Waals surface area contributed by atoms with Crippen LogP contribution >= 0.6 is 0 Å². The first-order valence-electron chi connectivity index (χ1n) is 10.8. The molecule has 0 radical (unpaired) electrons. The van der Waals surface area contributed by atoms with E-state index in [1.807, 2.05) is 35.2 Å². The number of fused-ring (bicyclic) bond motifs is 3. The number of nitrogens with zero attached hydrogens (tertiary/aromatic N) is 1. The molecule has 6 nitrogen and oxygen atoms in total. The molecule has 1 fully saturated rings. The maximum atomic E-state index is 13.0. The van der Waals surface area contributed by atoms with E-state index in [0.717, 1.165) is 33.0 Å². The summed E-state index contributed by atoms with van der Waals surface area (Å²) in [7, 11) is 0. The normalized spacial score (nSPS) is 14.2. The summed E-state index contributed by atoms with van der Waals surface area (Å²) in [5, 5.41) is 1.78. The highest BCUT2D eigenvalue weighted by Gasteiger charge is 2.21. The highest BCUT2D eigenvalue weighted by atomic mass is 16.5. The standard InChI is InChI=1S/C26H25N3O3/c1-15-4-3-5-19(16(15)2)18-13-21-20-12-17(26(31)29-8-10-32-11-9-29)6-7-23(20)28-24(21)22(14-18)25(27)30/h3-7,12-14,28H,8-11H2,1-2H3,(H2,27,30). The summed E-state index contributed by atoms with van der Waals surface area (Å²) in [5.41, 5.74) is 12.7. The highest BCUT2D eigenvalue weighted by Crippen LogP contribution is 2.35. The number of carbonyl (C=O) groups is 2. The average molecular weight is 428 g/mol. The molecule has 0 unspecified atom stereocenters. The van der Waals surface area contributed by atoms with Crippen molar-refractivity contribution in [1.82, 2.24) is 9.88 Å². The Morgan fingerprint density at radius 3 is 2.53 bits per heavy atom. The summed E-state index contributed by atoms with van der Waals surface area (Å²) >= 11 is 0. The number of amides is 2. The first kappa shape index (κ1) is 20.3. The Morgan fingerprint density at radius 1 is 1.00 bits per heavy atom. The van der Waals surface area contributed by atoms with Crippen LogP contribution < -0.4 is 5.73 Å². The number of nitrogens with two attached hydrogens (primary N) is 1. The summed E-state index contributed by atoms with van der Waals surface area (Å²) in [4.78, 5) is 30.5. The van der Waals surface area contributed by atoms with Gasteiger partial charge in [0, 0.05) is 34.9 Å². The van der Waals surface area contributed by atoms with Crippen LogP contribution in [-0.2, 0) is 4.74 Å². The van der Waals surface area contributed by atoms with Crippen molar-refractivity contribution in [1.29, 1.82) is 0 Å². The Kier molecular flexibility index (Phi) is 4.94. The van der Waals surface area contributed by atoms with E-state index in [1.165, 1.54) is 5.56 Å². The molecule has 4 aromatic rings. The van der Waals surface area contributed by atoms with Gasteiger partial charge in [-0.25, -0.2) is 0 Å². The van der Waals surface area contributed by atoms with Crippen molar-refractivity contribution in [3.05, 3.63) is 70.8 Å². The van der Waals surface area contributed by atoms with Gasteiger partial charge in [0.05, 0.1) is 24.3 Å². The number of aryl methyl sites for hydroxylation is 1. The van der Waals surface area contributed by atoms with Gasteiger partial charge in [-0.15, -0.1) is 0 Å². The van der Waals surface area contributed by atoms with Gasteiger partial charge in [0.15, 0.2) is 0 Å². The molecule has 2 heterocycles. The van der Waals surface area contributed by atoms with Crippen LogP contribution in [0, 0.1) is 13.8 Å². The van der Waals surface area contributed by atoms with Crippen LogP contribution in [0.4, 0.5) is 0 Å². The summed E-state index contributed by atoms with van der Waals surface area (Å²) in [5.74, 6) is -0.497. The number of carbonyl (C=O) groups excluding carboxylic acids is 2. The number of hydrogen-bond acceptors (Lipinski definition) is 3. The lowest BCUT2D eigenvalue weighted by molar-refractivity contribution is 0.0303. The quantitative estimate of drug-likeness (QED) is 0.514. The maximum absolute atomic E-state index is 13.0. The maximum Gasteiger partial charge on any atom is 0.254 e. The lowest BCUT2D eigenvalue weighted by atomic mass is 9.94. The Balaban J connectivity index is 1.71. The van der Waals surface area contributed by atoms with Crippen LogP contribution in [0.2, 0.25) is 0 Å². The molecule has 1 aromatic heterocycles. The van der Waals surface area contributed by atoms with Gasteiger partial charge >= 0.3 is 0 Å². The van der Waals surface area contributed by atoms with Crippen molar-refractivity contribution < 1.29 is 14.3 Å². The first-order valence-corrected chi connectivity index (χ1v) is 10.8. The Hall–Kier alpha value is -3.64. The number of primary amides is 1. The van der Waals surface area contributed by atoms with Gasteiger partial charge in [0.2, 0.25) is 0 Å². The second-order valence-electron chi connectivity index (χ2n) is 8.35. The fourth-order valence-electron chi connectivity index (χ4n) is 4.50. The minimum atomic E-state index is -0.488. The van der Waals surface area contributed by atoms with Crippen molar-refractivity contribution in [2.45, 2.75) is 13.8 Å². The third-order valence-electron chi connectivity index (χ3n) is 6.43. The zero-order valence-electron chi connectivity index (χ0n) is 18.2. The van der Waals surface area contributed by atoms with Crippen LogP contribution in [0.25, 0.3) is 32.9 Å². The fraction of sp³-hybridized carbons (Fsp3) is 0.231. The number of morpholine rings is 1. The molecule has 0 aliphatic carbocycles. The summed E-state index contributed by atoms with van der Waals surface area (Å²) in [6.45, 7) is 6.44. The molecule has 162 valence electrons. The number of hydrogen-bond donors (Lipinski definition) is 2. The number of nitrogens with one attached hydrogen (secondary N) is 1. The number of benzene rings is 3. The molecule has 6 heteroatoms. The van der Waals surface area contributed by atoms with E-state index in [1.54, 1.807) is 0 Å². The van der Waals surface area contributed by atoms with Crippen LogP contribution in [0.3, 0.4) is 0 Å². The fourth-order valence-corrected chi connectivity index (χ4v) is 4.50. The zero-order valence-corrected chi connectivity index (χ0v) is 18.2. The van der Waals surface area contributed by atoms with Crippen LogP contribution in [0.15, 0.2) is 48.5 Å². The first-order chi connectivity index (χ1) is 15.4. The minimum absolute atomic E-state index is 0.00893. The number of H-pyrrole nitrogens is 1. The molecule has 0 saturated carbocycles. The van der Waals surface area contributed by atoms with Crippen LogP contribution in [0.5, 0.6) is 0 Å². The second-order valence-corrected chi connectivity index (χ2v) is 8.35. The highest BCUT2D eigenvalue weighted by molar-refractivity contribution is 6.17. The van der Waals surface area contributed by atoms with Crippen molar-refractivity contribution in [2.75, 3.05) is 26.3 Å². The van der Waals surface area contributed by atoms with Gasteiger partial charge in [-0.2, -0.15) is 0 Å². The molecular weight excluding hydrogens is 402 g/mol. The molecule has 5 rings (SSSR count). The predicted molar refractivity (Wildman–Crippen MR) is 126 cm³/mol. The third-order valence-corrected chi connectivity index (χ3v) is 6.43. The molecule has 1 aliphatic heterocycles. The van der Waals surface area contributed by atoms with Gasteiger partial charge in [-0.05, 0) is 66.4 Å². The number of rotatable bonds is 3. The van der Waals surface area contributed by atoms with Gasteiger partial charge in [-0.1, -0.05) is 18.2 Å². The van der Waals surface area contributed by atoms with Gasteiger partial charge in [0.1, 0.15) is 0 Å². The number of aromatic amines is 1. The third kappa shape index (κ3) is 3.33. The van der Waals surface area contributed by atoms with E-state index >= 15 is 0 Å². The number of aromatic nitrogens is 1. The smallest absolute Gasteiger partial charge is 0.254 e. The molecule has 32 heavy (non-hydrogen) atoms. The predicted octanol–water partition coefficient (Wildman–Crippen LogP) is 4.18. The lowest BCUT2D eigenvalue weighted by Crippen LogP contribution is -2.40. The summed E-state index contributed by atoms with van der Waals surface area (Å²) in [6.07, 6.45) is 0. The summed E-state index contributed by atoms with van der Waals surface area (Å²) in [6, 6.07) is 15.7. The average Bonchev–Trinajstić information content (AvgIpc) is 3.18. The van der Waals surface area contributed by atoms with Gasteiger partial charge in [-0.3, -0.25) is 9.59 Å². The molecule has 0 atom stereocenters. The SMILES string of the molecule is Cc1cccc(-c2cc(C(N)=O)c3[nH]c4ccc(C(=O)N5CCOCC5)cc4c3c2)c1C. The van der Waals surface area contributed by atoms with Crippen molar-refractivity contribution >= 4 is 33.6 Å². The van der Waals surface area contributed by atoms with Gasteiger partial charge < -0.3 is 20.4 Å². The van der Waals surface area contributed by atoms with E-state index in [9.17, 15) is 9.59 Å². The monoisotopic (exact) mass is 427 g/mol. The Labute approximate surface area is 186 Å². The zero-order chi connectivity index (χ0) is 22.4. The van der Waals surface area contributed by atoms with E-state index < -0.39 is 5.91 Å². The van der Waals surface area contributed by atoms with Crippen molar-refractivity contribution in [3.8, 4) is 11.1 Å². The van der Waals surface area contributed by atoms with E-state index in [4.69, 9.17) is 10.5 Å². The molecule has 1 saturated heterocycles. The van der Waals surface area contributed by atoms with E-state index in [2.05, 4.69) is 37.0 Å². The van der Waals surface area contributed by atoms with E-state index in [0.29, 0.717) is 42.9 Å². The molecular formula is C26H25N3O3. The largest absolute Gasteiger partial charge is 0.378 e. The molecule has 3 N–H and O–H groups in total. The molecule has 2 amide bonds. The van der Waals surface area contributed by atoms with Crippen LogP contribution in [-0.4, -0.2) is 48.0 Å². The summed E-state index contributed by atoms with van der Waals surface area (Å²) < 4.78 is 5.37.